The fraction of sp³-hybridized carbons (Fsp3) is 0.400. The van der Waals surface area contributed by atoms with Crippen LogP contribution in [-0.2, 0) is 13.1 Å². The third kappa shape index (κ3) is 2.43. The van der Waals surface area contributed by atoms with Crippen LogP contribution < -0.4 is 0 Å². The van der Waals surface area contributed by atoms with Crippen molar-refractivity contribution in [2.75, 3.05) is 13.1 Å². The van der Waals surface area contributed by atoms with Crippen LogP contribution in [0.1, 0.15) is 19.4 Å². The number of aromatic nitrogens is 2. The maximum absolute atomic E-state index is 6.42. The van der Waals surface area contributed by atoms with Crippen molar-refractivity contribution in [2.24, 2.45) is 0 Å². The lowest BCUT2D eigenvalue weighted by atomic mass is 10.1. The van der Waals surface area contributed by atoms with Crippen LogP contribution in [0.25, 0.3) is 11.0 Å². The van der Waals surface area contributed by atoms with Crippen LogP contribution in [0.3, 0.4) is 0 Å². The van der Waals surface area contributed by atoms with E-state index in [4.69, 9.17) is 23.8 Å². The van der Waals surface area contributed by atoms with Gasteiger partial charge in [-0.1, -0.05) is 23.3 Å². The molecule has 106 valence electrons. The van der Waals surface area contributed by atoms with Crippen LogP contribution in [0.2, 0.25) is 5.02 Å². The van der Waals surface area contributed by atoms with E-state index in [1.807, 2.05) is 12.1 Å². The molecule has 0 aliphatic carbocycles. The summed E-state index contributed by atoms with van der Waals surface area (Å²) in [4.78, 5) is 5.68. The summed E-state index contributed by atoms with van der Waals surface area (Å²) in [6, 6.07) is 3.97. The maximum Gasteiger partial charge on any atom is 0.178 e. The summed E-state index contributed by atoms with van der Waals surface area (Å²) in [5.41, 5.74) is 4.77. The van der Waals surface area contributed by atoms with E-state index in [1.54, 1.807) is 0 Å². The normalized spacial score (nSPS) is 15.3. The average molecular weight is 308 g/mol. The van der Waals surface area contributed by atoms with Crippen molar-refractivity contribution < 1.29 is 0 Å². The van der Waals surface area contributed by atoms with Crippen LogP contribution in [0.15, 0.2) is 23.8 Å². The number of nitrogens with one attached hydrogen (secondary N) is 1. The van der Waals surface area contributed by atoms with Gasteiger partial charge in [0.25, 0.3) is 0 Å². The van der Waals surface area contributed by atoms with Gasteiger partial charge in [-0.15, -0.1) is 0 Å². The van der Waals surface area contributed by atoms with E-state index >= 15 is 0 Å². The Morgan fingerprint density at radius 2 is 2.20 bits per heavy atom. The Balaban J connectivity index is 2.07. The number of allylic oxidation sites excluding steroid dienone is 1. The lowest BCUT2D eigenvalue weighted by Crippen LogP contribution is -2.25. The number of rotatable bonds is 2. The highest BCUT2D eigenvalue weighted by Crippen LogP contribution is 2.29. The second-order valence-corrected chi connectivity index (χ2v) is 6.31. The van der Waals surface area contributed by atoms with E-state index in [0.717, 1.165) is 41.5 Å². The van der Waals surface area contributed by atoms with Crippen molar-refractivity contribution in [1.82, 2.24) is 14.5 Å². The lowest BCUT2D eigenvalue weighted by molar-refractivity contribution is 0.290. The Bertz CT molecular complexity index is 737. The fourth-order valence-corrected chi connectivity index (χ4v) is 3.19. The first-order valence-electron chi connectivity index (χ1n) is 6.82. The van der Waals surface area contributed by atoms with Crippen LogP contribution in [-0.4, -0.2) is 27.5 Å². The monoisotopic (exact) mass is 307 g/mol. The molecule has 0 unspecified atom stereocenters. The first kappa shape index (κ1) is 13.9. The zero-order valence-electron chi connectivity index (χ0n) is 11.7. The minimum Gasteiger partial charge on any atom is -0.331 e. The number of hydrogen-bond acceptors (Lipinski definition) is 2. The number of imidazole rings is 1. The Labute approximate surface area is 128 Å². The molecule has 1 aliphatic rings. The Morgan fingerprint density at radius 1 is 1.40 bits per heavy atom. The van der Waals surface area contributed by atoms with Crippen molar-refractivity contribution in [3.05, 3.63) is 39.1 Å². The van der Waals surface area contributed by atoms with E-state index in [2.05, 4.69) is 34.4 Å². The molecule has 1 aromatic carbocycles. The second-order valence-electron chi connectivity index (χ2n) is 5.52. The summed E-state index contributed by atoms with van der Waals surface area (Å²) in [7, 11) is 0. The average Bonchev–Trinajstić information content (AvgIpc) is 2.59. The van der Waals surface area contributed by atoms with E-state index in [1.165, 1.54) is 16.7 Å². The van der Waals surface area contributed by atoms with E-state index in [-0.39, 0.29) is 0 Å². The van der Waals surface area contributed by atoms with Gasteiger partial charge in [-0.3, -0.25) is 4.90 Å². The predicted octanol–water partition coefficient (Wildman–Crippen LogP) is 4.13. The van der Waals surface area contributed by atoms with Crippen LogP contribution in [0, 0.1) is 4.77 Å². The highest BCUT2D eigenvalue weighted by Gasteiger charge is 2.19. The molecule has 3 nitrogen and oxygen atoms in total. The van der Waals surface area contributed by atoms with Crippen molar-refractivity contribution in [1.29, 1.82) is 0 Å². The molecule has 0 amide bonds. The molecule has 3 rings (SSSR count). The molecule has 1 aliphatic heterocycles. The Hall–Kier alpha value is -1.10. The standard InChI is InChI=1S/C15H18ClN3S/c1-10(2)5-6-18-7-8-19-14-11(9-18)12(16)3-4-13(14)17-15(19)20/h3-5H,6-9H2,1-2H3,(H,17,20). The van der Waals surface area contributed by atoms with Crippen molar-refractivity contribution in [3.8, 4) is 0 Å². The van der Waals surface area contributed by atoms with Gasteiger partial charge in [0.05, 0.1) is 11.0 Å². The van der Waals surface area contributed by atoms with Crippen LogP contribution in [0.4, 0.5) is 0 Å². The molecule has 5 heteroatoms. The number of aromatic amines is 1. The van der Waals surface area contributed by atoms with Gasteiger partial charge in [-0.2, -0.15) is 0 Å². The molecule has 0 spiro atoms. The SMILES string of the molecule is CC(C)=CCN1CCn2c(=S)[nH]c3ccc(Cl)c(c32)C1. The van der Waals surface area contributed by atoms with E-state index in [9.17, 15) is 0 Å². The van der Waals surface area contributed by atoms with Gasteiger partial charge in [-0.25, -0.2) is 0 Å². The minimum atomic E-state index is 0.785. The topological polar surface area (TPSA) is 24.0 Å². The van der Waals surface area contributed by atoms with E-state index < -0.39 is 0 Å². The van der Waals surface area contributed by atoms with Crippen molar-refractivity contribution >= 4 is 34.9 Å². The smallest absolute Gasteiger partial charge is 0.178 e. The quantitative estimate of drug-likeness (QED) is 0.666. The molecule has 0 fully saturated rings. The van der Waals surface area contributed by atoms with Crippen LogP contribution in [0.5, 0.6) is 0 Å². The molecule has 1 N–H and O–H groups in total. The molecule has 0 saturated carbocycles. The first-order chi connectivity index (χ1) is 9.56. The highest BCUT2D eigenvalue weighted by atomic mass is 35.5. The third-order valence-corrected chi connectivity index (χ3v) is 4.44. The van der Waals surface area contributed by atoms with Gasteiger partial charge in [0.1, 0.15) is 0 Å². The van der Waals surface area contributed by atoms with Gasteiger partial charge in [0.2, 0.25) is 0 Å². The second kappa shape index (κ2) is 5.35. The Morgan fingerprint density at radius 3 is 2.95 bits per heavy atom. The van der Waals surface area contributed by atoms with Gasteiger partial charge in [-0.05, 0) is 38.2 Å². The molecule has 2 heterocycles. The van der Waals surface area contributed by atoms with Crippen LogP contribution >= 0.6 is 23.8 Å². The number of hydrogen-bond donors (Lipinski definition) is 1. The maximum atomic E-state index is 6.42. The number of halogens is 1. The molecular weight excluding hydrogens is 290 g/mol. The lowest BCUT2D eigenvalue weighted by Gasteiger charge is -2.19. The minimum absolute atomic E-state index is 0.785. The highest BCUT2D eigenvalue weighted by molar-refractivity contribution is 7.71. The first-order valence-corrected chi connectivity index (χ1v) is 7.60. The number of benzene rings is 1. The zero-order chi connectivity index (χ0) is 14.3. The number of nitrogens with zero attached hydrogens (tertiary/aromatic N) is 2. The summed E-state index contributed by atoms with van der Waals surface area (Å²) in [6.45, 7) is 7.97. The third-order valence-electron chi connectivity index (χ3n) is 3.76. The van der Waals surface area contributed by atoms with Gasteiger partial charge in [0, 0.05) is 36.8 Å². The summed E-state index contributed by atoms with van der Waals surface area (Å²) in [5.74, 6) is 0. The summed E-state index contributed by atoms with van der Waals surface area (Å²) >= 11 is 11.8. The molecular formula is C15H18ClN3S. The van der Waals surface area contributed by atoms with Gasteiger partial charge < -0.3 is 9.55 Å². The largest absolute Gasteiger partial charge is 0.331 e. The summed E-state index contributed by atoms with van der Waals surface area (Å²) < 4.78 is 2.96. The van der Waals surface area contributed by atoms with E-state index in [0.29, 0.717) is 0 Å². The van der Waals surface area contributed by atoms with Crippen molar-refractivity contribution in [3.63, 3.8) is 0 Å². The predicted molar refractivity (Wildman–Crippen MR) is 86.8 cm³/mol. The summed E-state index contributed by atoms with van der Waals surface area (Å²) in [5, 5.41) is 0.823. The van der Waals surface area contributed by atoms with Gasteiger partial charge in [0.15, 0.2) is 4.77 Å². The molecule has 0 atom stereocenters. The fourth-order valence-electron chi connectivity index (χ4n) is 2.68. The Kier molecular flexibility index (Phi) is 3.71. The van der Waals surface area contributed by atoms with Crippen molar-refractivity contribution in [2.45, 2.75) is 26.9 Å². The molecule has 20 heavy (non-hydrogen) atoms. The molecule has 1 aromatic heterocycles. The molecule has 0 bridgehead atoms. The van der Waals surface area contributed by atoms with Gasteiger partial charge >= 0.3 is 0 Å². The zero-order valence-corrected chi connectivity index (χ0v) is 13.3. The summed E-state index contributed by atoms with van der Waals surface area (Å²) in [6.07, 6.45) is 2.26. The molecule has 0 radical (unpaired) electrons. The molecule has 2 aromatic rings. The molecule has 0 saturated heterocycles. The number of H-pyrrole nitrogens is 1.